The standard InChI is InChI=1S/C20H24N6O/c1-27-19-10-9-17(26-14-23-24-25-26)12-16(19)13-22-18-8-5-11-21-20(18)15-6-3-2-4-7-15/h2-4,6-7,9-10,12,14,18,20-22H,5,8,11,13H2,1H3/t18-,20-/m1/s1. The molecule has 2 heterocycles. The number of benzene rings is 2. The van der Waals surface area contributed by atoms with Crippen LogP contribution in [0.1, 0.15) is 30.0 Å². The Kier molecular flexibility index (Phi) is 5.41. The zero-order valence-electron chi connectivity index (χ0n) is 15.4. The third-order valence-electron chi connectivity index (χ3n) is 5.05. The lowest BCUT2D eigenvalue weighted by Crippen LogP contribution is -2.45. The molecule has 1 fully saturated rings. The number of aromatic nitrogens is 4. The number of piperidine rings is 1. The monoisotopic (exact) mass is 364 g/mol. The van der Waals surface area contributed by atoms with Crippen molar-refractivity contribution in [2.45, 2.75) is 31.5 Å². The number of tetrazole rings is 1. The summed E-state index contributed by atoms with van der Waals surface area (Å²) in [5, 5.41) is 18.8. The first kappa shape index (κ1) is 17.6. The molecule has 7 heteroatoms. The van der Waals surface area contributed by atoms with E-state index in [1.54, 1.807) is 18.1 Å². The van der Waals surface area contributed by atoms with E-state index >= 15 is 0 Å². The summed E-state index contributed by atoms with van der Waals surface area (Å²) in [7, 11) is 1.70. The average molecular weight is 364 g/mol. The Hall–Kier alpha value is -2.77. The molecule has 0 unspecified atom stereocenters. The van der Waals surface area contributed by atoms with Gasteiger partial charge in [-0.25, -0.2) is 4.68 Å². The molecule has 1 aliphatic rings. The van der Waals surface area contributed by atoms with Gasteiger partial charge in [0.2, 0.25) is 0 Å². The summed E-state index contributed by atoms with van der Waals surface area (Å²) in [5.41, 5.74) is 3.32. The van der Waals surface area contributed by atoms with Gasteiger partial charge in [0, 0.05) is 24.2 Å². The summed E-state index contributed by atoms with van der Waals surface area (Å²) >= 11 is 0. The maximum Gasteiger partial charge on any atom is 0.143 e. The fourth-order valence-electron chi connectivity index (χ4n) is 3.69. The van der Waals surface area contributed by atoms with E-state index < -0.39 is 0 Å². The Bertz CT molecular complexity index is 852. The first-order valence-corrected chi connectivity index (χ1v) is 9.27. The van der Waals surface area contributed by atoms with Crippen LogP contribution < -0.4 is 15.4 Å². The predicted octanol–water partition coefficient (Wildman–Crippen LogP) is 2.25. The number of ether oxygens (including phenoxy) is 1. The average Bonchev–Trinajstić information content (AvgIpc) is 3.28. The smallest absolute Gasteiger partial charge is 0.143 e. The van der Waals surface area contributed by atoms with Crippen molar-refractivity contribution in [2.24, 2.45) is 0 Å². The van der Waals surface area contributed by atoms with Crippen LogP contribution in [-0.4, -0.2) is 39.9 Å². The van der Waals surface area contributed by atoms with Crippen LogP contribution in [0.2, 0.25) is 0 Å². The minimum atomic E-state index is 0.314. The molecule has 2 atom stereocenters. The van der Waals surface area contributed by atoms with Crippen LogP contribution in [0, 0.1) is 0 Å². The first-order valence-electron chi connectivity index (χ1n) is 9.27. The number of nitrogens with zero attached hydrogens (tertiary/aromatic N) is 4. The van der Waals surface area contributed by atoms with Crippen LogP contribution in [0.5, 0.6) is 5.75 Å². The molecule has 7 nitrogen and oxygen atoms in total. The van der Waals surface area contributed by atoms with Gasteiger partial charge >= 0.3 is 0 Å². The van der Waals surface area contributed by atoms with Crippen molar-refractivity contribution in [3.63, 3.8) is 0 Å². The maximum atomic E-state index is 5.55. The lowest BCUT2D eigenvalue weighted by molar-refractivity contribution is 0.303. The number of rotatable bonds is 6. The zero-order chi connectivity index (χ0) is 18.5. The van der Waals surface area contributed by atoms with Crippen LogP contribution in [0.3, 0.4) is 0 Å². The Labute approximate surface area is 158 Å². The topological polar surface area (TPSA) is 76.9 Å². The molecular formula is C20H24N6O. The van der Waals surface area contributed by atoms with Crippen molar-refractivity contribution in [1.82, 2.24) is 30.8 Å². The van der Waals surface area contributed by atoms with Crippen LogP contribution in [0.15, 0.2) is 54.9 Å². The molecule has 4 rings (SSSR count). The molecular weight excluding hydrogens is 340 g/mol. The van der Waals surface area contributed by atoms with Gasteiger partial charge in [-0.3, -0.25) is 0 Å². The molecule has 0 radical (unpaired) electrons. The third-order valence-corrected chi connectivity index (χ3v) is 5.05. The molecule has 2 aromatic carbocycles. The molecule has 3 aromatic rings. The Morgan fingerprint density at radius 3 is 2.89 bits per heavy atom. The lowest BCUT2D eigenvalue weighted by atomic mass is 9.92. The van der Waals surface area contributed by atoms with Gasteiger partial charge in [0.15, 0.2) is 0 Å². The molecule has 27 heavy (non-hydrogen) atoms. The van der Waals surface area contributed by atoms with E-state index in [2.05, 4.69) is 62.6 Å². The van der Waals surface area contributed by atoms with E-state index in [4.69, 9.17) is 4.74 Å². The lowest BCUT2D eigenvalue weighted by Gasteiger charge is -2.34. The minimum absolute atomic E-state index is 0.314. The molecule has 1 saturated heterocycles. The zero-order valence-corrected chi connectivity index (χ0v) is 15.4. The second kappa shape index (κ2) is 8.28. The fraction of sp³-hybridized carbons (Fsp3) is 0.350. The Morgan fingerprint density at radius 1 is 1.22 bits per heavy atom. The summed E-state index contributed by atoms with van der Waals surface area (Å²) in [6, 6.07) is 17.3. The molecule has 1 aromatic heterocycles. The summed E-state index contributed by atoms with van der Waals surface area (Å²) in [6.45, 7) is 1.77. The largest absolute Gasteiger partial charge is 0.496 e. The van der Waals surface area contributed by atoms with Crippen molar-refractivity contribution in [2.75, 3.05) is 13.7 Å². The van der Waals surface area contributed by atoms with E-state index in [-0.39, 0.29) is 0 Å². The first-order chi connectivity index (χ1) is 13.3. The van der Waals surface area contributed by atoms with Crippen LogP contribution in [-0.2, 0) is 6.54 Å². The molecule has 0 amide bonds. The van der Waals surface area contributed by atoms with Crippen molar-refractivity contribution >= 4 is 0 Å². The minimum Gasteiger partial charge on any atom is -0.496 e. The third kappa shape index (κ3) is 3.99. The summed E-state index contributed by atoms with van der Waals surface area (Å²) in [4.78, 5) is 0. The van der Waals surface area contributed by atoms with Crippen molar-refractivity contribution in [3.05, 3.63) is 66.0 Å². The van der Waals surface area contributed by atoms with Gasteiger partial charge in [-0.05, 0) is 53.6 Å². The SMILES string of the molecule is COc1ccc(-n2cnnn2)cc1CN[C@@H]1CCCN[C@@H]1c1ccccc1. The van der Waals surface area contributed by atoms with Gasteiger partial charge in [-0.15, -0.1) is 5.10 Å². The fourth-order valence-corrected chi connectivity index (χ4v) is 3.69. The van der Waals surface area contributed by atoms with E-state index in [0.29, 0.717) is 12.1 Å². The van der Waals surface area contributed by atoms with Gasteiger partial charge in [0.05, 0.1) is 12.8 Å². The normalized spacial score (nSPS) is 19.7. The number of methoxy groups -OCH3 is 1. The van der Waals surface area contributed by atoms with Gasteiger partial charge in [0.25, 0.3) is 0 Å². The summed E-state index contributed by atoms with van der Waals surface area (Å²) in [6.07, 6.45) is 3.90. The van der Waals surface area contributed by atoms with Gasteiger partial charge in [-0.1, -0.05) is 30.3 Å². The number of nitrogens with one attached hydrogen (secondary N) is 2. The molecule has 140 valence electrons. The van der Waals surface area contributed by atoms with E-state index in [1.807, 2.05) is 12.1 Å². The molecule has 0 spiro atoms. The quantitative estimate of drug-likeness (QED) is 0.699. The molecule has 2 N–H and O–H groups in total. The van der Waals surface area contributed by atoms with E-state index in [0.717, 1.165) is 36.5 Å². The highest BCUT2D eigenvalue weighted by Crippen LogP contribution is 2.26. The molecule has 1 aliphatic heterocycles. The van der Waals surface area contributed by atoms with Crippen LogP contribution in [0.4, 0.5) is 0 Å². The number of hydrogen-bond donors (Lipinski definition) is 2. The van der Waals surface area contributed by atoms with Crippen LogP contribution in [0.25, 0.3) is 5.69 Å². The van der Waals surface area contributed by atoms with Crippen molar-refractivity contribution in [3.8, 4) is 11.4 Å². The van der Waals surface area contributed by atoms with Crippen LogP contribution >= 0.6 is 0 Å². The summed E-state index contributed by atoms with van der Waals surface area (Å²) < 4.78 is 7.20. The summed E-state index contributed by atoms with van der Waals surface area (Å²) in [5.74, 6) is 0.861. The van der Waals surface area contributed by atoms with Crippen molar-refractivity contribution < 1.29 is 4.74 Å². The maximum absolute atomic E-state index is 5.55. The van der Waals surface area contributed by atoms with Gasteiger partial charge in [0.1, 0.15) is 12.1 Å². The predicted molar refractivity (Wildman–Crippen MR) is 103 cm³/mol. The molecule has 0 bridgehead atoms. The van der Waals surface area contributed by atoms with Gasteiger partial charge in [-0.2, -0.15) is 0 Å². The Balaban J connectivity index is 1.52. The van der Waals surface area contributed by atoms with Crippen molar-refractivity contribution in [1.29, 1.82) is 0 Å². The second-order valence-corrected chi connectivity index (χ2v) is 6.72. The molecule has 0 saturated carbocycles. The Morgan fingerprint density at radius 2 is 2.11 bits per heavy atom. The van der Waals surface area contributed by atoms with Gasteiger partial charge < -0.3 is 15.4 Å². The van der Waals surface area contributed by atoms with E-state index in [1.165, 1.54) is 12.0 Å². The number of hydrogen-bond acceptors (Lipinski definition) is 6. The second-order valence-electron chi connectivity index (χ2n) is 6.72. The highest BCUT2D eigenvalue weighted by atomic mass is 16.5. The molecule has 0 aliphatic carbocycles. The highest BCUT2D eigenvalue weighted by Gasteiger charge is 2.25. The van der Waals surface area contributed by atoms with E-state index in [9.17, 15) is 0 Å². The highest BCUT2D eigenvalue weighted by molar-refractivity contribution is 5.43.